The molecule has 18 heavy (non-hydrogen) atoms. The second-order valence-corrected chi connectivity index (χ2v) is 6.17. The predicted molar refractivity (Wildman–Crippen MR) is 77.8 cm³/mol. The third kappa shape index (κ3) is 3.18. The highest BCUT2D eigenvalue weighted by Crippen LogP contribution is 2.35. The Hall–Kier alpha value is -0.280. The van der Waals surface area contributed by atoms with Crippen LogP contribution in [0.4, 0.5) is 0 Å². The van der Waals surface area contributed by atoms with Gasteiger partial charge in [0, 0.05) is 16.1 Å². The lowest BCUT2D eigenvalue weighted by Crippen LogP contribution is -2.41. The fourth-order valence-corrected chi connectivity index (χ4v) is 3.48. The monoisotopic (exact) mass is 286 g/mol. The number of nitrogens with one attached hydrogen (secondary N) is 1. The standard InChI is InChI=1S/C14H20Cl2N2/c1-9-5-6-10(7-9)14(18-17)8-11-12(15)3-2-4-13(11)16/h2-4,9-10,14,18H,5-8,17H2,1H3. The molecule has 0 aromatic heterocycles. The minimum absolute atomic E-state index is 0.257. The molecule has 1 aromatic rings. The topological polar surface area (TPSA) is 38.0 Å². The Balaban J connectivity index is 2.10. The highest BCUT2D eigenvalue weighted by Gasteiger charge is 2.29. The average molecular weight is 287 g/mol. The van der Waals surface area contributed by atoms with Crippen molar-refractivity contribution in [3.05, 3.63) is 33.8 Å². The van der Waals surface area contributed by atoms with Crippen molar-refractivity contribution in [2.75, 3.05) is 0 Å². The first-order chi connectivity index (χ1) is 8.61. The Morgan fingerprint density at radius 1 is 1.33 bits per heavy atom. The molecule has 3 N–H and O–H groups in total. The fraction of sp³-hybridized carbons (Fsp3) is 0.571. The van der Waals surface area contributed by atoms with Gasteiger partial charge < -0.3 is 0 Å². The van der Waals surface area contributed by atoms with E-state index in [-0.39, 0.29) is 6.04 Å². The molecule has 0 saturated heterocycles. The summed E-state index contributed by atoms with van der Waals surface area (Å²) < 4.78 is 0. The summed E-state index contributed by atoms with van der Waals surface area (Å²) in [6, 6.07) is 5.89. The van der Waals surface area contributed by atoms with Crippen molar-refractivity contribution in [2.45, 2.75) is 38.6 Å². The Bertz CT molecular complexity index is 389. The van der Waals surface area contributed by atoms with Crippen LogP contribution in [-0.2, 0) is 6.42 Å². The van der Waals surface area contributed by atoms with Gasteiger partial charge in [0.25, 0.3) is 0 Å². The van der Waals surface area contributed by atoms with Crippen molar-refractivity contribution in [1.82, 2.24) is 5.43 Å². The van der Waals surface area contributed by atoms with Crippen LogP contribution in [0, 0.1) is 11.8 Å². The van der Waals surface area contributed by atoms with E-state index in [9.17, 15) is 0 Å². The van der Waals surface area contributed by atoms with E-state index in [1.54, 1.807) is 0 Å². The predicted octanol–water partition coefficient (Wildman–Crippen LogP) is 3.80. The van der Waals surface area contributed by atoms with Crippen molar-refractivity contribution in [3.63, 3.8) is 0 Å². The van der Waals surface area contributed by atoms with Gasteiger partial charge in [0.1, 0.15) is 0 Å². The van der Waals surface area contributed by atoms with Gasteiger partial charge in [-0.15, -0.1) is 0 Å². The minimum atomic E-state index is 0.257. The van der Waals surface area contributed by atoms with Crippen LogP contribution in [0.5, 0.6) is 0 Å². The molecule has 1 aromatic carbocycles. The van der Waals surface area contributed by atoms with E-state index in [0.29, 0.717) is 5.92 Å². The Labute approximate surface area is 119 Å². The molecule has 0 spiro atoms. The van der Waals surface area contributed by atoms with Crippen LogP contribution < -0.4 is 11.3 Å². The van der Waals surface area contributed by atoms with Crippen LogP contribution in [0.15, 0.2) is 18.2 Å². The van der Waals surface area contributed by atoms with E-state index in [0.717, 1.165) is 27.9 Å². The summed E-state index contributed by atoms with van der Waals surface area (Å²) in [5.74, 6) is 7.13. The fourth-order valence-electron chi connectivity index (χ4n) is 2.93. The van der Waals surface area contributed by atoms with Crippen LogP contribution in [0.2, 0.25) is 10.0 Å². The maximum atomic E-state index is 6.21. The second kappa shape index (κ2) is 6.25. The number of benzene rings is 1. The number of hydrogen-bond donors (Lipinski definition) is 2. The molecule has 0 radical (unpaired) electrons. The average Bonchev–Trinajstić information content (AvgIpc) is 2.76. The third-order valence-electron chi connectivity index (χ3n) is 4.00. The summed E-state index contributed by atoms with van der Waals surface area (Å²) in [4.78, 5) is 0. The zero-order valence-electron chi connectivity index (χ0n) is 10.6. The third-order valence-corrected chi connectivity index (χ3v) is 4.71. The molecule has 1 aliphatic rings. The minimum Gasteiger partial charge on any atom is -0.271 e. The van der Waals surface area contributed by atoms with E-state index in [4.69, 9.17) is 29.0 Å². The number of halogens is 2. The normalized spacial score (nSPS) is 25.3. The zero-order valence-corrected chi connectivity index (χ0v) is 12.1. The first-order valence-electron chi connectivity index (χ1n) is 6.50. The molecular weight excluding hydrogens is 267 g/mol. The summed E-state index contributed by atoms with van der Waals surface area (Å²) in [5.41, 5.74) is 3.95. The number of rotatable bonds is 4. The van der Waals surface area contributed by atoms with Crippen LogP contribution in [0.3, 0.4) is 0 Å². The van der Waals surface area contributed by atoms with Gasteiger partial charge in [-0.1, -0.05) is 42.6 Å². The second-order valence-electron chi connectivity index (χ2n) is 5.36. The first kappa shape index (κ1) is 14.1. The summed E-state index contributed by atoms with van der Waals surface area (Å²) in [7, 11) is 0. The molecule has 3 atom stereocenters. The number of hydrogen-bond acceptors (Lipinski definition) is 2. The summed E-state index contributed by atoms with van der Waals surface area (Å²) in [6.45, 7) is 2.30. The summed E-state index contributed by atoms with van der Waals surface area (Å²) >= 11 is 12.4. The first-order valence-corrected chi connectivity index (χ1v) is 7.26. The SMILES string of the molecule is CC1CCC(C(Cc2c(Cl)cccc2Cl)NN)C1. The molecule has 1 aliphatic carbocycles. The van der Waals surface area contributed by atoms with Gasteiger partial charge in [-0.3, -0.25) is 11.3 Å². The van der Waals surface area contributed by atoms with Crippen molar-refractivity contribution in [1.29, 1.82) is 0 Å². The Morgan fingerprint density at radius 3 is 2.50 bits per heavy atom. The molecule has 100 valence electrons. The van der Waals surface area contributed by atoms with Crippen molar-refractivity contribution in [2.24, 2.45) is 17.7 Å². The van der Waals surface area contributed by atoms with Gasteiger partial charge in [-0.05, 0) is 48.8 Å². The van der Waals surface area contributed by atoms with Crippen LogP contribution in [0.25, 0.3) is 0 Å². The van der Waals surface area contributed by atoms with Crippen LogP contribution in [0.1, 0.15) is 31.7 Å². The highest BCUT2D eigenvalue weighted by atomic mass is 35.5. The van der Waals surface area contributed by atoms with E-state index in [1.165, 1.54) is 19.3 Å². The van der Waals surface area contributed by atoms with Gasteiger partial charge in [-0.25, -0.2) is 0 Å². The molecule has 3 unspecified atom stereocenters. The molecule has 2 nitrogen and oxygen atoms in total. The smallest absolute Gasteiger partial charge is 0.0453 e. The molecule has 0 amide bonds. The van der Waals surface area contributed by atoms with Gasteiger partial charge in [0.05, 0.1) is 0 Å². The maximum Gasteiger partial charge on any atom is 0.0453 e. The van der Waals surface area contributed by atoms with E-state index in [2.05, 4.69) is 12.3 Å². The largest absolute Gasteiger partial charge is 0.271 e. The molecule has 0 aliphatic heterocycles. The molecule has 0 heterocycles. The van der Waals surface area contributed by atoms with Crippen LogP contribution in [-0.4, -0.2) is 6.04 Å². The van der Waals surface area contributed by atoms with E-state index < -0.39 is 0 Å². The van der Waals surface area contributed by atoms with Crippen molar-refractivity contribution >= 4 is 23.2 Å². The van der Waals surface area contributed by atoms with Gasteiger partial charge in [-0.2, -0.15) is 0 Å². The number of hydrazine groups is 1. The molecule has 0 bridgehead atoms. The van der Waals surface area contributed by atoms with Gasteiger partial charge >= 0.3 is 0 Å². The molecule has 2 rings (SSSR count). The quantitative estimate of drug-likeness (QED) is 0.653. The lowest BCUT2D eigenvalue weighted by atomic mass is 9.92. The van der Waals surface area contributed by atoms with Gasteiger partial charge in [0.2, 0.25) is 0 Å². The van der Waals surface area contributed by atoms with E-state index >= 15 is 0 Å². The molecule has 4 heteroatoms. The maximum absolute atomic E-state index is 6.21. The zero-order chi connectivity index (χ0) is 13.1. The summed E-state index contributed by atoms with van der Waals surface area (Å²) in [5, 5.41) is 1.46. The molecule has 1 fully saturated rings. The van der Waals surface area contributed by atoms with Gasteiger partial charge in [0.15, 0.2) is 0 Å². The number of nitrogens with two attached hydrogens (primary N) is 1. The van der Waals surface area contributed by atoms with Crippen LogP contribution >= 0.6 is 23.2 Å². The Kier molecular flexibility index (Phi) is 4.91. The van der Waals surface area contributed by atoms with Crippen molar-refractivity contribution in [3.8, 4) is 0 Å². The van der Waals surface area contributed by atoms with E-state index in [1.807, 2.05) is 18.2 Å². The lowest BCUT2D eigenvalue weighted by Gasteiger charge is -2.23. The molecular formula is C14H20Cl2N2. The van der Waals surface area contributed by atoms with Crippen molar-refractivity contribution < 1.29 is 0 Å². The highest BCUT2D eigenvalue weighted by molar-refractivity contribution is 6.36. The lowest BCUT2D eigenvalue weighted by molar-refractivity contribution is 0.353. The summed E-state index contributed by atoms with van der Waals surface area (Å²) in [6.07, 6.45) is 4.56. The molecule has 1 saturated carbocycles. The Morgan fingerprint density at radius 2 is 2.00 bits per heavy atom.